The smallest absolute Gasteiger partial charge is 0.257 e. The van der Waals surface area contributed by atoms with Gasteiger partial charge in [-0.3, -0.25) is 14.4 Å². The molecule has 1 fully saturated rings. The zero-order valence-corrected chi connectivity index (χ0v) is 20.4. The lowest BCUT2D eigenvalue weighted by Gasteiger charge is -2.42. The fraction of sp³-hybridized carbons (Fsp3) is 0.480. The monoisotopic (exact) mass is 485 g/mol. The van der Waals surface area contributed by atoms with Crippen LogP contribution in [0.4, 0.5) is 5.69 Å². The van der Waals surface area contributed by atoms with E-state index in [9.17, 15) is 14.4 Å². The van der Waals surface area contributed by atoms with E-state index in [1.54, 1.807) is 30.1 Å². The summed E-state index contributed by atoms with van der Waals surface area (Å²) in [4.78, 5) is 40.5. The van der Waals surface area contributed by atoms with Crippen LogP contribution in [0.25, 0.3) is 0 Å². The molecule has 3 heterocycles. The number of hydrogen-bond donors (Lipinski definition) is 2. The van der Waals surface area contributed by atoms with E-state index in [4.69, 9.17) is 9.47 Å². The van der Waals surface area contributed by atoms with Crippen LogP contribution in [0.5, 0.6) is 5.75 Å². The molecule has 1 aromatic heterocycles. The number of rotatable bonds is 7. The summed E-state index contributed by atoms with van der Waals surface area (Å²) < 4.78 is 12.2. The first-order valence-corrected chi connectivity index (χ1v) is 12.6. The lowest BCUT2D eigenvalue weighted by atomic mass is 9.94. The number of anilines is 1. The van der Waals surface area contributed by atoms with Crippen molar-refractivity contribution < 1.29 is 23.9 Å². The summed E-state index contributed by atoms with van der Waals surface area (Å²) in [5.74, 6) is 0.130. The Balaban J connectivity index is 1.43. The standard InChI is InChI=1S/C25H31N3O5S/c1-3-10-26-23(29)13-17-7-8-20-22(33-17)15-32-21-9-6-16(12-19(21)25(31)28(20)2)27-24(30)14-18-5-4-11-34-18/h4-6,9,11-12,17,20,22H,3,7-8,10,13-15H2,1-2H3,(H,26,29)(H,27,30)/t17-,20-,22-/m1/s1. The predicted molar refractivity (Wildman–Crippen MR) is 130 cm³/mol. The van der Waals surface area contributed by atoms with Crippen LogP contribution in [0.2, 0.25) is 0 Å². The topological polar surface area (TPSA) is 97.0 Å². The molecule has 4 rings (SSSR count). The first-order valence-electron chi connectivity index (χ1n) is 11.7. The summed E-state index contributed by atoms with van der Waals surface area (Å²) in [6.45, 7) is 2.96. The van der Waals surface area contributed by atoms with Crippen molar-refractivity contribution in [3.8, 4) is 5.75 Å². The summed E-state index contributed by atoms with van der Waals surface area (Å²) in [7, 11) is 1.77. The number of hydrogen-bond acceptors (Lipinski definition) is 6. The molecule has 9 heteroatoms. The maximum absolute atomic E-state index is 13.3. The molecule has 3 atom stereocenters. The van der Waals surface area contributed by atoms with Gasteiger partial charge in [0, 0.05) is 24.2 Å². The summed E-state index contributed by atoms with van der Waals surface area (Å²) in [5.41, 5.74) is 0.969. The number of amides is 3. The number of nitrogens with one attached hydrogen (secondary N) is 2. The molecule has 2 N–H and O–H groups in total. The van der Waals surface area contributed by atoms with Gasteiger partial charge >= 0.3 is 0 Å². The molecule has 2 aliphatic heterocycles. The highest BCUT2D eigenvalue weighted by Crippen LogP contribution is 2.32. The van der Waals surface area contributed by atoms with Crippen molar-refractivity contribution in [2.45, 2.75) is 57.3 Å². The van der Waals surface area contributed by atoms with Gasteiger partial charge in [0.15, 0.2) is 0 Å². The van der Waals surface area contributed by atoms with Crippen molar-refractivity contribution >= 4 is 34.7 Å². The maximum atomic E-state index is 13.3. The first-order chi connectivity index (χ1) is 16.4. The van der Waals surface area contributed by atoms with Gasteiger partial charge in [0.05, 0.1) is 30.6 Å². The summed E-state index contributed by atoms with van der Waals surface area (Å²) >= 11 is 1.53. The van der Waals surface area contributed by atoms with Gasteiger partial charge in [-0.1, -0.05) is 13.0 Å². The average Bonchev–Trinajstić information content (AvgIpc) is 3.33. The Hall–Kier alpha value is -2.91. The Morgan fingerprint density at radius 1 is 1.21 bits per heavy atom. The zero-order chi connectivity index (χ0) is 24.1. The molecule has 0 spiro atoms. The van der Waals surface area contributed by atoms with Crippen molar-refractivity contribution in [1.29, 1.82) is 0 Å². The molecular formula is C25H31N3O5S. The molecule has 0 radical (unpaired) electrons. The highest BCUT2D eigenvalue weighted by atomic mass is 32.1. The molecule has 1 saturated heterocycles. The molecule has 3 amide bonds. The summed E-state index contributed by atoms with van der Waals surface area (Å²) in [6, 6.07) is 8.80. The Kier molecular flexibility index (Phi) is 7.84. The predicted octanol–water partition coefficient (Wildman–Crippen LogP) is 3.23. The number of benzene rings is 1. The van der Waals surface area contributed by atoms with Gasteiger partial charge in [0.25, 0.3) is 5.91 Å². The van der Waals surface area contributed by atoms with E-state index >= 15 is 0 Å². The number of likely N-dealkylation sites (N-methyl/N-ethyl adjacent to an activating group) is 1. The molecule has 0 bridgehead atoms. The highest BCUT2D eigenvalue weighted by Gasteiger charge is 2.39. The maximum Gasteiger partial charge on any atom is 0.257 e. The van der Waals surface area contributed by atoms with E-state index < -0.39 is 0 Å². The summed E-state index contributed by atoms with van der Waals surface area (Å²) in [5, 5.41) is 7.70. The van der Waals surface area contributed by atoms with Crippen LogP contribution >= 0.6 is 11.3 Å². The molecule has 2 aliphatic rings. The second-order valence-corrected chi connectivity index (χ2v) is 9.77. The largest absolute Gasteiger partial charge is 0.490 e. The van der Waals surface area contributed by atoms with Gasteiger partial charge in [-0.25, -0.2) is 0 Å². The number of fused-ring (bicyclic) bond motifs is 2. The number of nitrogens with zero attached hydrogens (tertiary/aromatic N) is 1. The summed E-state index contributed by atoms with van der Waals surface area (Å²) in [6.07, 6.45) is 2.42. The van der Waals surface area contributed by atoms with E-state index in [-0.39, 0.29) is 49.0 Å². The van der Waals surface area contributed by atoms with Crippen LogP contribution in [0.1, 0.15) is 47.8 Å². The normalized spacial score (nSPS) is 22.0. The quantitative estimate of drug-likeness (QED) is 0.628. The minimum Gasteiger partial charge on any atom is -0.490 e. The zero-order valence-electron chi connectivity index (χ0n) is 19.5. The van der Waals surface area contributed by atoms with Crippen molar-refractivity contribution in [2.24, 2.45) is 0 Å². The third-order valence-corrected chi connectivity index (χ3v) is 7.07. The SMILES string of the molecule is CCCNC(=O)C[C@H]1CC[C@@H]2[C@@H](COc3ccc(NC(=O)Cc4cccs4)cc3C(=O)N2C)O1. The average molecular weight is 486 g/mol. The number of carbonyl (C=O) groups excluding carboxylic acids is 3. The van der Waals surface area contributed by atoms with Crippen LogP contribution in [0.3, 0.4) is 0 Å². The second kappa shape index (κ2) is 11.0. The lowest BCUT2D eigenvalue weighted by molar-refractivity contribution is -0.134. The number of carbonyl (C=O) groups is 3. The van der Waals surface area contributed by atoms with E-state index in [1.807, 2.05) is 24.4 Å². The number of ether oxygens (including phenoxy) is 2. The molecule has 1 aromatic carbocycles. The van der Waals surface area contributed by atoms with Crippen LogP contribution in [-0.2, 0) is 20.7 Å². The third-order valence-electron chi connectivity index (χ3n) is 6.20. The molecule has 0 aliphatic carbocycles. The van der Waals surface area contributed by atoms with Crippen molar-refractivity contribution in [1.82, 2.24) is 10.2 Å². The highest BCUT2D eigenvalue weighted by molar-refractivity contribution is 7.10. The Bertz CT molecular complexity index is 1030. The molecule has 34 heavy (non-hydrogen) atoms. The molecule has 8 nitrogen and oxygen atoms in total. The van der Waals surface area contributed by atoms with Crippen molar-refractivity contribution in [3.63, 3.8) is 0 Å². The second-order valence-electron chi connectivity index (χ2n) is 8.74. The minimum absolute atomic E-state index is 0.0134. The Morgan fingerprint density at radius 3 is 2.82 bits per heavy atom. The molecule has 182 valence electrons. The third kappa shape index (κ3) is 5.77. The van der Waals surface area contributed by atoms with E-state index in [0.29, 0.717) is 36.4 Å². The van der Waals surface area contributed by atoms with Crippen molar-refractivity contribution in [2.75, 3.05) is 25.5 Å². The fourth-order valence-electron chi connectivity index (χ4n) is 4.43. The molecule has 2 aromatic rings. The fourth-order valence-corrected chi connectivity index (χ4v) is 5.13. The van der Waals surface area contributed by atoms with Gasteiger partial charge in [-0.2, -0.15) is 0 Å². The van der Waals surface area contributed by atoms with Crippen molar-refractivity contribution in [3.05, 3.63) is 46.2 Å². The Morgan fingerprint density at radius 2 is 2.06 bits per heavy atom. The van der Waals surface area contributed by atoms with Gasteiger partial charge in [-0.05, 0) is 48.9 Å². The minimum atomic E-state index is -0.315. The van der Waals surface area contributed by atoms with Crippen LogP contribution in [0.15, 0.2) is 35.7 Å². The lowest BCUT2D eigenvalue weighted by Crippen LogP contribution is -2.54. The Labute approximate surface area is 203 Å². The van der Waals surface area contributed by atoms with Crippen LogP contribution < -0.4 is 15.4 Å². The number of thiophene rings is 1. The molecule has 0 unspecified atom stereocenters. The van der Waals surface area contributed by atoms with Crippen LogP contribution in [0, 0.1) is 0 Å². The molecular weight excluding hydrogens is 454 g/mol. The van der Waals surface area contributed by atoms with Gasteiger partial charge < -0.3 is 25.0 Å². The van der Waals surface area contributed by atoms with E-state index in [0.717, 1.165) is 17.7 Å². The molecule has 0 saturated carbocycles. The van der Waals surface area contributed by atoms with Crippen LogP contribution in [-0.4, -0.2) is 61.1 Å². The van der Waals surface area contributed by atoms with Gasteiger partial charge in [0.1, 0.15) is 18.5 Å². The van der Waals surface area contributed by atoms with E-state index in [2.05, 4.69) is 10.6 Å². The first kappa shape index (κ1) is 24.2. The van der Waals surface area contributed by atoms with E-state index in [1.165, 1.54) is 11.3 Å². The van der Waals surface area contributed by atoms with Gasteiger partial charge in [-0.15, -0.1) is 11.3 Å². The van der Waals surface area contributed by atoms with Gasteiger partial charge in [0.2, 0.25) is 11.8 Å².